The minimum Gasteiger partial charge on any atom is -0.355 e. The van der Waals surface area contributed by atoms with Gasteiger partial charge in [0.25, 0.3) is 0 Å². The Labute approximate surface area is 200 Å². The number of nitrogens with one attached hydrogen (secondary N) is 1. The first kappa shape index (κ1) is 20.3. The number of benzene rings is 5. The summed E-state index contributed by atoms with van der Waals surface area (Å²) in [6, 6.07) is 41.1. The van der Waals surface area contributed by atoms with Gasteiger partial charge in [0.1, 0.15) is 0 Å². The molecule has 1 N–H and O–H groups in total. The first-order valence-electron chi connectivity index (χ1n) is 11.7. The molecule has 0 atom stereocenters. The maximum Gasteiger partial charge on any atom is 0.0465 e. The summed E-state index contributed by atoms with van der Waals surface area (Å²) in [6.07, 6.45) is 4.44. The van der Waals surface area contributed by atoms with Gasteiger partial charge in [0.2, 0.25) is 0 Å². The highest BCUT2D eigenvalue weighted by Gasteiger charge is 2.10. The molecular weight excluding hydrogens is 410 g/mol. The average Bonchev–Trinajstić information content (AvgIpc) is 3.26. The van der Waals surface area contributed by atoms with Crippen LogP contribution in [0.2, 0.25) is 0 Å². The predicted molar refractivity (Wildman–Crippen MR) is 147 cm³/mol. The molecular formula is C33H25N. The van der Waals surface area contributed by atoms with Crippen LogP contribution >= 0.6 is 0 Å². The Kier molecular flexibility index (Phi) is 5.08. The van der Waals surface area contributed by atoms with Gasteiger partial charge in [0.15, 0.2) is 0 Å². The smallest absolute Gasteiger partial charge is 0.0465 e. The molecule has 1 heterocycles. The summed E-state index contributed by atoms with van der Waals surface area (Å²) in [6.45, 7) is 2.18. The molecule has 1 aromatic heterocycles. The molecule has 0 saturated carbocycles. The Morgan fingerprint density at radius 2 is 1.24 bits per heavy atom. The van der Waals surface area contributed by atoms with Crippen molar-refractivity contribution in [2.24, 2.45) is 0 Å². The van der Waals surface area contributed by atoms with Crippen LogP contribution in [-0.4, -0.2) is 4.98 Å². The number of aryl methyl sites for hydroxylation is 1. The summed E-state index contributed by atoms with van der Waals surface area (Å²) < 4.78 is 0. The average molecular weight is 436 g/mol. The van der Waals surface area contributed by atoms with Crippen LogP contribution in [0.4, 0.5) is 0 Å². The van der Waals surface area contributed by atoms with Gasteiger partial charge in [0.05, 0.1) is 0 Å². The maximum absolute atomic E-state index is 3.53. The van der Waals surface area contributed by atoms with Crippen molar-refractivity contribution >= 4 is 34.0 Å². The number of hydrogen-bond acceptors (Lipinski definition) is 0. The molecule has 0 aliphatic rings. The Morgan fingerprint density at radius 1 is 0.529 bits per heavy atom. The van der Waals surface area contributed by atoms with Crippen molar-refractivity contribution in [2.75, 3.05) is 0 Å². The van der Waals surface area contributed by atoms with E-state index in [1.165, 1.54) is 60.8 Å². The van der Waals surface area contributed by atoms with Gasteiger partial charge in [-0.1, -0.05) is 103 Å². The van der Waals surface area contributed by atoms with Crippen molar-refractivity contribution in [2.45, 2.75) is 6.92 Å². The molecule has 162 valence electrons. The highest BCUT2D eigenvalue weighted by atomic mass is 14.7. The highest BCUT2D eigenvalue weighted by Crippen LogP contribution is 2.34. The van der Waals surface area contributed by atoms with Crippen LogP contribution in [0.3, 0.4) is 0 Å². The van der Waals surface area contributed by atoms with Crippen molar-refractivity contribution in [3.63, 3.8) is 0 Å². The Morgan fingerprint density at radius 3 is 2.12 bits per heavy atom. The molecule has 0 aliphatic carbocycles. The summed E-state index contributed by atoms with van der Waals surface area (Å²) in [4.78, 5) is 3.53. The van der Waals surface area contributed by atoms with E-state index >= 15 is 0 Å². The molecule has 0 spiro atoms. The zero-order valence-corrected chi connectivity index (χ0v) is 19.1. The molecule has 0 radical (unpaired) electrons. The molecule has 0 unspecified atom stereocenters. The van der Waals surface area contributed by atoms with E-state index in [0.29, 0.717) is 0 Å². The lowest BCUT2D eigenvalue weighted by atomic mass is 9.92. The second kappa shape index (κ2) is 8.53. The lowest BCUT2D eigenvalue weighted by Crippen LogP contribution is -1.89. The van der Waals surface area contributed by atoms with E-state index in [1.807, 2.05) is 0 Å². The molecule has 1 heteroatoms. The fourth-order valence-electron chi connectivity index (χ4n) is 4.78. The lowest BCUT2D eigenvalue weighted by Gasteiger charge is -2.12. The molecule has 34 heavy (non-hydrogen) atoms. The third-order valence-corrected chi connectivity index (χ3v) is 6.58. The van der Waals surface area contributed by atoms with E-state index in [1.54, 1.807) is 0 Å². The van der Waals surface area contributed by atoms with Crippen LogP contribution < -0.4 is 0 Å². The summed E-state index contributed by atoms with van der Waals surface area (Å²) in [5.41, 5.74) is 11.0. The normalized spacial score (nSPS) is 11.6. The fourth-order valence-corrected chi connectivity index (χ4v) is 4.78. The first-order chi connectivity index (χ1) is 16.8. The van der Waals surface area contributed by atoms with Gasteiger partial charge in [-0.25, -0.2) is 0 Å². The zero-order chi connectivity index (χ0) is 22.9. The van der Waals surface area contributed by atoms with Crippen LogP contribution in [0.15, 0.2) is 115 Å². The van der Waals surface area contributed by atoms with Crippen LogP contribution in [-0.2, 0) is 0 Å². The van der Waals surface area contributed by atoms with Gasteiger partial charge in [-0.15, -0.1) is 0 Å². The van der Waals surface area contributed by atoms with Crippen molar-refractivity contribution in [3.05, 3.63) is 132 Å². The molecule has 0 bridgehead atoms. The minimum absolute atomic E-state index is 1.17. The van der Waals surface area contributed by atoms with Crippen LogP contribution in [0.5, 0.6) is 0 Å². The molecule has 0 aliphatic heterocycles. The van der Waals surface area contributed by atoms with E-state index in [0.717, 1.165) is 0 Å². The van der Waals surface area contributed by atoms with Crippen LogP contribution in [0, 0.1) is 6.92 Å². The Bertz CT molecular complexity index is 1650. The molecule has 6 rings (SSSR count). The predicted octanol–water partition coefficient (Wildman–Crippen LogP) is 9.13. The minimum atomic E-state index is 1.17. The molecule has 0 fully saturated rings. The number of aromatic amines is 1. The quantitative estimate of drug-likeness (QED) is 0.266. The van der Waals surface area contributed by atoms with E-state index in [4.69, 9.17) is 0 Å². The monoisotopic (exact) mass is 435 g/mol. The third-order valence-electron chi connectivity index (χ3n) is 6.58. The summed E-state index contributed by atoms with van der Waals surface area (Å²) in [5, 5.41) is 2.53. The zero-order valence-electron chi connectivity index (χ0n) is 19.1. The number of para-hydroxylation sites is 1. The number of fused-ring (bicyclic) bond motifs is 3. The topological polar surface area (TPSA) is 15.8 Å². The molecule has 1 nitrogen and oxygen atoms in total. The van der Waals surface area contributed by atoms with E-state index < -0.39 is 0 Å². The largest absolute Gasteiger partial charge is 0.355 e. The molecule has 6 aromatic rings. The Hall–Kier alpha value is -4.36. The summed E-state index contributed by atoms with van der Waals surface area (Å²) >= 11 is 0. The Balaban J connectivity index is 1.50. The second-order valence-electron chi connectivity index (χ2n) is 8.79. The third kappa shape index (κ3) is 3.72. The maximum atomic E-state index is 3.53. The highest BCUT2D eigenvalue weighted by molar-refractivity contribution is 6.08. The van der Waals surface area contributed by atoms with Crippen molar-refractivity contribution in [1.29, 1.82) is 0 Å². The van der Waals surface area contributed by atoms with Gasteiger partial charge in [-0.05, 0) is 70.1 Å². The summed E-state index contributed by atoms with van der Waals surface area (Å²) in [5.74, 6) is 0. The molecule has 0 saturated heterocycles. The van der Waals surface area contributed by atoms with Crippen molar-refractivity contribution < 1.29 is 0 Å². The van der Waals surface area contributed by atoms with E-state index in [2.05, 4.69) is 139 Å². The molecule has 0 amide bonds. The van der Waals surface area contributed by atoms with E-state index in [9.17, 15) is 0 Å². The van der Waals surface area contributed by atoms with Gasteiger partial charge >= 0.3 is 0 Å². The number of rotatable bonds is 4. The van der Waals surface area contributed by atoms with E-state index in [-0.39, 0.29) is 0 Å². The standard InChI is InChI=1S/C33H25N/c1-23-9-5-6-12-28(23)29-19-17-25(21-27(29)16-15-24-10-3-2-4-11-24)26-18-20-33-31(22-26)30-13-7-8-14-32(30)34-33/h2-22,34H,1H3/b16-15-. The first-order valence-corrected chi connectivity index (χ1v) is 11.7. The van der Waals surface area contributed by atoms with Crippen LogP contribution in [0.25, 0.3) is 56.2 Å². The summed E-state index contributed by atoms with van der Waals surface area (Å²) in [7, 11) is 0. The number of H-pyrrole nitrogens is 1. The number of hydrogen-bond donors (Lipinski definition) is 1. The van der Waals surface area contributed by atoms with Gasteiger partial charge in [0, 0.05) is 21.8 Å². The lowest BCUT2D eigenvalue weighted by molar-refractivity contribution is 1.45. The van der Waals surface area contributed by atoms with Gasteiger partial charge in [-0.2, -0.15) is 0 Å². The van der Waals surface area contributed by atoms with Crippen LogP contribution in [0.1, 0.15) is 16.7 Å². The van der Waals surface area contributed by atoms with Crippen molar-refractivity contribution in [1.82, 2.24) is 4.98 Å². The van der Waals surface area contributed by atoms with Gasteiger partial charge < -0.3 is 4.98 Å². The fraction of sp³-hybridized carbons (Fsp3) is 0.0303. The number of aromatic nitrogens is 1. The van der Waals surface area contributed by atoms with Gasteiger partial charge in [-0.3, -0.25) is 0 Å². The van der Waals surface area contributed by atoms with Crippen molar-refractivity contribution in [3.8, 4) is 22.3 Å². The molecule has 5 aromatic carbocycles. The second-order valence-corrected chi connectivity index (χ2v) is 8.79. The SMILES string of the molecule is Cc1ccccc1-c1ccc(-c2ccc3[nH]c4ccccc4c3c2)cc1/C=C\c1ccccc1.